The molecule has 0 aliphatic carbocycles. The molecule has 0 radical (unpaired) electrons. The lowest BCUT2D eigenvalue weighted by Crippen LogP contribution is -2.31. The Morgan fingerprint density at radius 3 is 2.27 bits per heavy atom. The first-order chi connectivity index (χ1) is 14.4. The first-order valence-electron chi connectivity index (χ1n) is 8.93. The number of nitrogens with one attached hydrogen (secondary N) is 1. The second kappa shape index (κ2) is 7.82. The lowest BCUT2D eigenvalue weighted by atomic mass is 10.1. The number of benzene rings is 3. The van der Waals surface area contributed by atoms with E-state index >= 15 is 0 Å². The molecule has 0 saturated carbocycles. The fraction of sp³-hybridized carbons (Fsp3) is 0.0455. The molecule has 8 heteroatoms. The summed E-state index contributed by atoms with van der Waals surface area (Å²) in [5.74, 6) is -2.79. The largest absolute Gasteiger partial charge is 0.346 e. The summed E-state index contributed by atoms with van der Waals surface area (Å²) in [7, 11) is 0. The average molecular weight is 409 g/mol. The van der Waals surface area contributed by atoms with Crippen LogP contribution in [0.25, 0.3) is 16.6 Å². The van der Waals surface area contributed by atoms with Gasteiger partial charge in [-0.1, -0.05) is 12.1 Å². The second-order valence-corrected chi connectivity index (χ2v) is 6.54. The normalized spacial score (nSPS) is 10.9. The molecule has 5 nitrogen and oxygen atoms in total. The molecule has 0 bridgehead atoms. The van der Waals surface area contributed by atoms with E-state index in [4.69, 9.17) is 0 Å². The van der Waals surface area contributed by atoms with Crippen LogP contribution in [-0.2, 0) is 6.54 Å². The van der Waals surface area contributed by atoms with Crippen molar-refractivity contribution >= 4 is 16.8 Å². The fourth-order valence-corrected chi connectivity index (χ4v) is 3.08. The van der Waals surface area contributed by atoms with Gasteiger partial charge in [-0.15, -0.1) is 0 Å². The van der Waals surface area contributed by atoms with Gasteiger partial charge in [-0.2, -0.15) is 5.10 Å². The standard InChI is InChI=1S/C22H14F3N3O2/c23-14-5-7-17(8-6-14)28-19-4-2-1-3-18(19)21(29)20(27-28)22(30)26-12-13-9-15(24)11-16(25)10-13/h1-11H,12H2,(H,26,30). The predicted molar refractivity (Wildman–Crippen MR) is 105 cm³/mol. The van der Waals surface area contributed by atoms with Gasteiger partial charge in [0.1, 0.15) is 17.5 Å². The number of aromatic nitrogens is 2. The fourth-order valence-electron chi connectivity index (χ4n) is 3.08. The summed E-state index contributed by atoms with van der Waals surface area (Å²) in [4.78, 5) is 25.5. The van der Waals surface area contributed by atoms with E-state index in [-0.39, 0.29) is 17.5 Å². The van der Waals surface area contributed by atoms with Gasteiger partial charge >= 0.3 is 0 Å². The predicted octanol–water partition coefficient (Wildman–Crippen LogP) is 3.73. The number of hydrogen-bond acceptors (Lipinski definition) is 3. The van der Waals surface area contributed by atoms with Crippen LogP contribution in [-0.4, -0.2) is 15.7 Å². The molecule has 0 atom stereocenters. The van der Waals surface area contributed by atoms with Gasteiger partial charge < -0.3 is 5.32 Å². The van der Waals surface area contributed by atoms with Crippen molar-refractivity contribution in [3.8, 4) is 5.69 Å². The van der Waals surface area contributed by atoms with Gasteiger partial charge in [0.15, 0.2) is 5.69 Å². The van der Waals surface area contributed by atoms with E-state index in [0.29, 0.717) is 11.2 Å². The number of para-hydroxylation sites is 1. The van der Waals surface area contributed by atoms with Crippen molar-refractivity contribution < 1.29 is 18.0 Å². The third-order valence-corrected chi connectivity index (χ3v) is 4.45. The zero-order valence-electron chi connectivity index (χ0n) is 15.4. The molecule has 4 aromatic rings. The van der Waals surface area contributed by atoms with E-state index < -0.39 is 34.5 Å². The van der Waals surface area contributed by atoms with Crippen molar-refractivity contribution in [3.05, 3.63) is 106 Å². The van der Waals surface area contributed by atoms with E-state index in [1.165, 1.54) is 28.9 Å². The molecule has 0 aliphatic heterocycles. The van der Waals surface area contributed by atoms with Crippen molar-refractivity contribution in [3.63, 3.8) is 0 Å². The Labute approximate surface area is 168 Å². The molecule has 1 N–H and O–H groups in total. The number of fused-ring (bicyclic) bond motifs is 1. The Kier molecular flexibility index (Phi) is 5.05. The Balaban J connectivity index is 1.74. The highest BCUT2D eigenvalue weighted by Gasteiger charge is 2.18. The van der Waals surface area contributed by atoms with Gasteiger partial charge in [-0.25, -0.2) is 17.9 Å². The summed E-state index contributed by atoms with van der Waals surface area (Å²) in [6, 6.07) is 14.9. The first kappa shape index (κ1) is 19.4. The van der Waals surface area contributed by atoms with Crippen LogP contribution in [0.4, 0.5) is 13.2 Å². The molecule has 0 aliphatic rings. The van der Waals surface area contributed by atoms with E-state index in [9.17, 15) is 22.8 Å². The van der Waals surface area contributed by atoms with Gasteiger partial charge in [-0.05, 0) is 54.1 Å². The maximum Gasteiger partial charge on any atom is 0.276 e. The van der Waals surface area contributed by atoms with Crippen LogP contribution in [0.2, 0.25) is 0 Å². The smallest absolute Gasteiger partial charge is 0.276 e. The van der Waals surface area contributed by atoms with Gasteiger partial charge in [0.25, 0.3) is 5.91 Å². The summed E-state index contributed by atoms with van der Waals surface area (Å²) in [6.45, 7) is -0.196. The highest BCUT2D eigenvalue weighted by molar-refractivity contribution is 5.95. The maximum atomic E-state index is 13.3. The molecule has 150 valence electrons. The summed E-state index contributed by atoms with van der Waals surface area (Å²) < 4.78 is 41.4. The third-order valence-electron chi connectivity index (χ3n) is 4.45. The number of carbonyl (C=O) groups is 1. The molecule has 1 amide bonds. The summed E-state index contributed by atoms with van der Waals surface area (Å²) in [5, 5.41) is 6.87. The highest BCUT2D eigenvalue weighted by Crippen LogP contribution is 2.16. The van der Waals surface area contributed by atoms with Crippen molar-refractivity contribution in [1.29, 1.82) is 0 Å². The van der Waals surface area contributed by atoms with Gasteiger partial charge in [0, 0.05) is 12.6 Å². The number of halogens is 3. The monoisotopic (exact) mass is 409 g/mol. The Hall–Kier alpha value is -3.94. The number of carbonyl (C=O) groups excluding carboxylic acids is 1. The van der Waals surface area contributed by atoms with E-state index in [1.54, 1.807) is 24.3 Å². The number of nitrogens with zero attached hydrogens (tertiary/aromatic N) is 2. The van der Waals surface area contributed by atoms with Crippen LogP contribution in [0.3, 0.4) is 0 Å². The topological polar surface area (TPSA) is 64.0 Å². The molecule has 3 aromatic carbocycles. The minimum Gasteiger partial charge on any atom is -0.346 e. The van der Waals surface area contributed by atoms with E-state index in [1.807, 2.05) is 0 Å². The van der Waals surface area contributed by atoms with E-state index in [2.05, 4.69) is 10.4 Å². The van der Waals surface area contributed by atoms with Crippen LogP contribution >= 0.6 is 0 Å². The molecule has 0 saturated heterocycles. The zero-order chi connectivity index (χ0) is 21.3. The minimum absolute atomic E-state index is 0.195. The lowest BCUT2D eigenvalue weighted by molar-refractivity contribution is 0.0943. The lowest BCUT2D eigenvalue weighted by Gasteiger charge is -2.12. The maximum absolute atomic E-state index is 13.3. The van der Waals surface area contributed by atoms with Crippen molar-refractivity contribution in [2.45, 2.75) is 6.54 Å². The molecular formula is C22H14F3N3O2. The molecule has 0 fully saturated rings. The van der Waals surface area contributed by atoms with Crippen molar-refractivity contribution in [2.75, 3.05) is 0 Å². The van der Waals surface area contributed by atoms with Gasteiger partial charge in [-0.3, -0.25) is 9.59 Å². The molecular weight excluding hydrogens is 395 g/mol. The van der Waals surface area contributed by atoms with Crippen LogP contribution < -0.4 is 10.7 Å². The number of hydrogen-bond donors (Lipinski definition) is 1. The Bertz CT molecular complexity index is 1300. The quantitative estimate of drug-likeness (QED) is 0.559. The summed E-state index contributed by atoms with van der Waals surface area (Å²) in [5.41, 5.74) is 0.106. The molecule has 1 heterocycles. The second-order valence-electron chi connectivity index (χ2n) is 6.54. The van der Waals surface area contributed by atoms with E-state index in [0.717, 1.165) is 18.2 Å². The van der Waals surface area contributed by atoms with Crippen LogP contribution in [0.5, 0.6) is 0 Å². The van der Waals surface area contributed by atoms with Gasteiger partial charge in [0.2, 0.25) is 5.43 Å². The first-order valence-corrected chi connectivity index (χ1v) is 8.93. The molecule has 0 spiro atoms. The SMILES string of the molecule is O=C(NCc1cc(F)cc(F)c1)c1nn(-c2ccc(F)cc2)c2ccccc2c1=O. The Morgan fingerprint density at radius 2 is 1.57 bits per heavy atom. The van der Waals surface area contributed by atoms with Crippen LogP contribution in [0, 0.1) is 17.5 Å². The minimum atomic E-state index is -0.800. The Morgan fingerprint density at radius 1 is 0.900 bits per heavy atom. The van der Waals surface area contributed by atoms with Crippen LogP contribution in [0.1, 0.15) is 16.1 Å². The molecule has 0 unspecified atom stereocenters. The summed E-state index contributed by atoms with van der Waals surface area (Å²) >= 11 is 0. The molecule has 30 heavy (non-hydrogen) atoms. The highest BCUT2D eigenvalue weighted by atomic mass is 19.1. The number of rotatable bonds is 4. The average Bonchev–Trinajstić information content (AvgIpc) is 2.73. The van der Waals surface area contributed by atoms with Crippen molar-refractivity contribution in [1.82, 2.24) is 15.1 Å². The number of amides is 1. The molecule has 4 rings (SSSR count). The van der Waals surface area contributed by atoms with Crippen LogP contribution in [0.15, 0.2) is 71.5 Å². The van der Waals surface area contributed by atoms with Crippen molar-refractivity contribution in [2.24, 2.45) is 0 Å². The molecule has 1 aromatic heterocycles. The third kappa shape index (κ3) is 3.80. The zero-order valence-corrected chi connectivity index (χ0v) is 15.4. The van der Waals surface area contributed by atoms with Gasteiger partial charge in [0.05, 0.1) is 16.6 Å². The summed E-state index contributed by atoms with van der Waals surface area (Å²) in [6.07, 6.45) is 0.